The number of benzene rings is 1. The van der Waals surface area contributed by atoms with Gasteiger partial charge >= 0.3 is 0 Å². The zero-order valence-electron chi connectivity index (χ0n) is 13.6. The molecule has 2 rings (SSSR count). The van der Waals surface area contributed by atoms with Gasteiger partial charge in [-0.15, -0.1) is 0 Å². The molecule has 5 nitrogen and oxygen atoms in total. The molecule has 1 fully saturated rings. The zero-order valence-corrected chi connectivity index (χ0v) is 14.4. The summed E-state index contributed by atoms with van der Waals surface area (Å²) in [5.74, 6) is 1.31. The fourth-order valence-corrected chi connectivity index (χ4v) is 3.91. The maximum Gasteiger partial charge on any atom is 0.243 e. The third-order valence-corrected chi connectivity index (χ3v) is 5.64. The maximum atomic E-state index is 12.6. The monoisotopic (exact) mass is 326 g/mol. The first kappa shape index (κ1) is 17.2. The third kappa shape index (κ3) is 4.44. The number of ether oxygens (including phenoxy) is 1. The predicted octanol–water partition coefficient (Wildman–Crippen LogP) is 2.09. The first-order chi connectivity index (χ1) is 10.4. The lowest BCUT2D eigenvalue weighted by Gasteiger charge is -2.31. The molecule has 1 unspecified atom stereocenters. The Kier molecular flexibility index (Phi) is 5.83. The van der Waals surface area contributed by atoms with E-state index in [0.29, 0.717) is 42.8 Å². The van der Waals surface area contributed by atoms with Crippen LogP contribution in [0.4, 0.5) is 0 Å². The molecule has 1 aliphatic rings. The van der Waals surface area contributed by atoms with E-state index in [-0.39, 0.29) is 6.04 Å². The van der Waals surface area contributed by atoms with Crippen LogP contribution in [-0.4, -0.2) is 45.0 Å². The average molecular weight is 326 g/mol. The molecule has 1 aliphatic heterocycles. The highest BCUT2D eigenvalue weighted by Gasteiger charge is 2.28. The van der Waals surface area contributed by atoms with Crippen LogP contribution in [0.5, 0.6) is 5.75 Å². The number of sulfonamides is 1. The molecule has 22 heavy (non-hydrogen) atoms. The molecule has 1 N–H and O–H groups in total. The molecule has 124 valence electrons. The minimum Gasteiger partial charge on any atom is -0.494 e. The molecule has 1 saturated heterocycles. The second-order valence-electron chi connectivity index (χ2n) is 6.22. The lowest BCUT2D eigenvalue weighted by molar-refractivity contribution is 0.289. The van der Waals surface area contributed by atoms with Crippen LogP contribution >= 0.6 is 0 Å². The minimum absolute atomic E-state index is 0.183. The van der Waals surface area contributed by atoms with Crippen molar-refractivity contribution in [3.05, 3.63) is 24.3 Å². The standard InChI is InChI=1S/C16H26N2O3S/c1-13(2)8-11-21-15-4-6-16(7-5-15)22(19,20)18-10-9-17-14(3)12-18/h4-7,13-14,17H,8-12H2,1-3H3. The predicted molar refractivity (Wildman–Crippen MR) is 87.6 cm³/mol. The van der Waals surface area contributed by atoms with Crippen LogP contribution in [-0.2, 0) is 10.0 Å². The minimum atomic E-state index is -3.41. The molecule has 0 saturated carbocycles. The number of hydrogen-bond acceptors (Lipinski definition) is 4. The molecule has 0 bridgehead atoms. The fourth-order valence-electron chi connectivity index (χ4n) is 2.38. The Hall–Kier alpha value is -1.11. The first-order valence-corrected chi connectivity index (χ1v) is 9.30. The Bertz CT molecular complexity index is 570. The van der Waals surface area contributed by atoms with Gasteiger partial charge in [-0.05, 0) is 43.5 Å². The number of nitrogens with zero attached hydrogens (tertiary/aromatic N) is 1. The molecule has 0 amide bonds. The van der Waals surface area contributed by atoms with E-state index in [1.807, 2.05) is 6.92 Å². The zero-order chi connectivity index (χ0) is 16.2. The van der Waals surface area contributed by atoms with E-state index in [2.05, 4.69) is 19.2 Å². The van der Waals surface area contributed by atoms with Crippen molar-refractivity contribution in [1.82, 2.24) is 9.62 Å². The van der Waals surface area contributed by atoms with Gasteiger partial charge in [-0.1, -0.05) is 13.8 Å². The lowest BCUT2D eigenvalue weighted by Crippen LogP contribution is -2.51. The molecule has 6 heteroatoms. The molecular formula is C16H26N2O3S. The highest BCUT2D eigenvalue weighted by Crippen LogP contribution is 2.21. The second-order valence-corrected chi connectivity index (χ2v) is 8.16. The van der Waals surface area contributed by atoms with Crippen LogP contribution in [0.3, 0.4) is 0 Å². The van der Waals surface area contributed by atoms with Crippen molar-refractivity contribution in [2.45, 2.75) is 38.1 Å². The van der Waals surface area contributed by atoms with Crippen molar-refractivity contribution in [2.24, 2.45) is 5.92 Å². The van der Waals surface area contributed by atoms with Crippen LogP contribution in [0, 0.1) is 5.92 Å². The fraction of sp³-hybridized carbons (Fsp3) is 0.625. The normalized spacial score (nSPS) is 20.3. The van der Waals surface area contributed by atoms with E-state index >= 15 is 0 Å². The van der Waals surface area contributed by atoms with Gasteiger partial charge < -0.3 is 10.1 Å². The summed E-state index contributed by atoms with van der Waals surface area (Å²) in [6.45, 7) is 8.65. The summed E-state index contributed by atoms with van der Waals surface area (Å²) in [6, 6.07) is 6.92. The van der Waals surface area contributed by atoms with Gasteiger partial charge in [0.15, 0.2) is 0 Å². The quantitative estimate of drug-likeness (QED) is 0.870. The van der Waals surface area contributed by atoms with Gasteiger partial charge in [-0.25, -0.2) is 8.42 Å². The van der Waals surface area contributed by atoms with Gasteiger partial charge in [0, 0.05) is 25.7 Å². The average Bonchev–Trinajstić information content (AvgIpc) is 2.47. The van der Waals surface area contributed by atoms with Gasteiger partial charge in [0.25, 0.3) is 0 Å². The number of hydrogen-bond donors (Lipinski definition) is 1. The van der Waals surface area contributed by atoms with Crippen molar-refractivity contribution in [1.29, 1.82) is 0 Å². The lowest BCUT2D eigenvalue weighted by atomic mass is 10.1. The molecule has 1 heterocycles. The smallest absolute Gasteiger partial charge is 0.243 e. The summed E-state index contributed by atoms with van der Waals surface area (Å²) in [5, 5.41) is 3.25. The third-order valence-electron chi connectivity index (χ3n) is 3.76. The van der Waals surface area contributed by atoms with Gasteiger partial charge in [0.1, 0.15) is 5.75 Å². The van der Waals surface area contributed by atoms with Gasteiger partial charge in [-0.3, -0.25) is 0 Å². The van der Waals surface area contributed by atoms with E-state index in [9.17, 15) is 8.42 Å². The van der Waals surface area contributed by atoms with Gasteiger partial charge in [-0.2, -0.15) is 4.31 Å². The highest BCUT2D eigenvalue weighted by atomic mass is 32.2. The van der Waals surface area contributed by atoms with E-state index in [1.54, 1.807) is 28.6 Å². The molecule has 0 aromatic heterocycles. The van der Waals surface area contributed by atoms with Crippen molar-refractivity contribution in [2.75, 3.05) is 26.2 Å². The number of nitrogens with one attached hydrogen (secondary N) is 1. The Labute approximate surface area is 133 Å². The topological polar surface area (TPSA) is 58.6 Å². The summed E-state index contributed by atoms with van der Waals surface area (Å²) in [5.41, 5.74) is 0. The Morgan fingerprint density at radius 1 is 1.32 bits per heavy atom. The Morgan fingerprint density at radius 2 is 2.00 bits per heavy atom. The highest BCUT2D eigenvalue weighted by molar-refractivity contribution is 7.89. The van der Waals surface area contributed by atoms with E-state index in [1.165, 1.54) is 0 Å². The van der Waals surface area contributed by atoms with Gasteiger partial charge in [0.2, 0.25) is 10.0 Å². The maximum absolute atomic E-state index is 12.6. The summed E-state index contributed by atoms with van der Waals surface area (Å²) in [6.07, 6.45) is 0.985. The van der Waals surface area contributed by atoms with Crippen molar-refractivity contribution >= 4 is 10.0 Å². The molecule has 0 radical (unpaired) electrons. The van der Waals surface area contributed by atoms with Crippen molar-refractivity contribution in [3.63, 3.8) is 0 Å². The summed E-state index contributed by atoms with van der Waals surface area (Å²) >= 11 is 0. The number of rotatable bonds is 6. The number of piperazine rings is 1. The largest absolute Gasteiger partial charge is 0.494 e. The molecule has 1 atom stereocenters. The van der Waals surface area contributed by atoms with Crippen LogP contribution < -0.4 is 10.1 Å². The van der Waals surface area contributed by atoms with E-state index in [4.69, 9.17) is 4.74 Å². The van der Waals surface area contributed by atoms with Crippen LogP contribution in [0.15, 0.2) is 29.2 Å². The van der Waals surface area contributed by atoms with Crippen molar-refractivity contribution in [3.8, 4) is 5.75 Å². The Morgan fingerprint density at radius 3 is 2.59 bits per heavy atom. The molecule has 0 spiro atoms. The van der Waals surface area contributed by atoms with Gasteiger partial charge in [0.05, 0.1) is 11.5 Å². The molecule has 1 aromatic rings. The second kappa shape index (κ2) is 7.44. The summed E-state index contributed by atoms with van der Waals surface area (Å²) < 4.78 is 32.4. The molecule has 1 aromatic carbocycles. The van der Waals surface area contributed by atoms with Crippen LogP contribution in [0.25, 0.3) is 0 Å². The Balaban J connectivity index is 2.02. The van der Waals surface area contributed by atoms with Crippen LogP contribution in [0.2, 0.25) is 0 Å². The van der Waals surface area contributed by atoms with E-state index in [0.717, 1.165) is 6.42 Å². The SMILES string of the molecule is CC(C)CCOc1ccc(S(=O)(=O)N2CCNC(C)C2)cc1. The summed E-state index contributed by atoms with van der Waals surface area (Å²) in [7, 11) is -3.41. The molecular weight excluding hydrogens is 300 g/mol. The van der Waals surface area contributed by atoms with Crippen molar-refractivity contribution < 1.29 is 13.2 Å². The van der Waals surface area contributed by atoms with Crippen LogP contribution in [0.1, 0.15) is 27.2 Å². The molecule has 0 aliphatic carbocycles. The summed E-state index contributed by atoms with van der Waals surface area (Å²) in [4.78, 5) is 0.331. The first-order valence-electron chi connectivity index (χ1n) is 7.86. The van der Waals surface area contributed by atoms with E-state index < -0.39 is 10.0 Å².